The molecule has 0 bridgehead atoms. The molecule has 1 saturated heterocycles. The molecule has 0 saturated carbocycles. The maximum atomic E-state index is 13.6. The number of carbonyl (C=O) groups is 3. The van der Waals surface area contributed by atoms with Crippen molar-refractivity contribution in [3.8, 4) is 11.5 Å². The van der Waals surface area contributed by atoms with Gasteiger partial charge in [-0.15, -0.1) is 0 Å². The fraction of sp³-hybridized carbons (Fsp3) is 0.355. The Morgan fingerprint density at radius 2 is 1.93 bits per heavy atom. The molecule has 2 unspecified atom stereocenters. The zero-order valence-electron chi connectivity index (χ0n) is 23.4. The lowest BCUT2D eigenvalue weighted by Crippen LogP contribution is -2.29. The molecule has 3 aromatic rings. The summed E-state index contributed by atoms with van der Waals surface area (Å²) in [5.74, 6) is -1.18. The highest BCUT2D eigenvalue weighted by molar-refractivity contribution is 7.17. The lowest BCUT2D eigenvalue weighted by atomic mass is 9.94. The Labute approximate surface area is 242 Å². The fourth-order valence-electron chi connectivity index (χ4n) is 5.13. The van der Waals surface area contributed by atoms with Crippen LogP contribution in [-0.2, 0) is 20.7 Å². The molecule has 5 rings (SSSR count). The molecule has 2 aromatic carbocycles. The van der Waals surface area contributed by atoms with Gasteiger partial charge in [-0.3, -0.25) is 14.5 Å². The number of anilines is 1. The Kier molecular flexibility index (Phi) is 8.12. The molecule has 2 atom stereocenters. The Hall–Kier alpha value is -4.18. The van der Waals surface area contributed by atoms with Crippen molar-refractivity contribution < 1.29 is 33.7 Å². The van der Waals surface area contributed by atoms with Crippen LogP contribution >= 0.6 is 11.3 Å². The number of benzene rings is 2. The van der Waals surface area contributed by atoms with Gasteiger partial charge in [0.25, 0.3) is 5.78 Å². The van der Waals surface area contributed by atoms with Gasteiger partial charge in [0.1, 0.15) is 28.2 Å². The molecule has 214 valence electrons. The number of amides is 1. The largest absolute Gasteiger partial charge is 0.507 e. The number of nitrogens with zero attached hydrogens (tertiary/aromatic N) is 2. The number of hydrogen-bond donors (Lipinski definition) is 1. The van der Waals surface area contributed by atoms with E-state index >= 15 is 0 Å². The summed E-state index contributed by atoms with van der Waals surface area (Å²) >= 11 is 0.960. The maximum Gasteiger partial charge on any atom is 0.350 e. The van der Waals surface area contributed by atoms with Crippen LogP contribution in [0.25, 0.3) is 5.76 Å². The number of esters is 1. The van der Waals surface area contributed by atoms with Crippen LogP contribution in [0.15, 0.2) is 48.0 Å². The number of fused-ring (bicyclic) bond motifs is 1. The number of aryl methyl sites for hydroxylation is 1. The molecule has 0 spiro atoms. The van der Waals surface area contributed by atoms with Crippen LogP contribution in [0.5, 0.6) is 11.5 Å². The highest BCUT2D eigenvalue weighted by Gasteiger charge is 2.48. The first-order chi connectivity index (χ1) is 19.7. The summed E-state index contributed by atoms with van der Waals surface area (Å²) < 4.78 is 16.5. The number of ether oxygens (including phenoxy) is 3. The summed E-state index contributed by atoms with van der Waals surface area (Å²) in [6, 6.07) is 11.3. The number of thiazole rings is 1. The van der Waals surface area contributed by atoms with Crippen LogP contribution in [0, 0.1) is 6.92 Å². The monoisotopic (exact) mass is 576 g/mol. The number of aliphatic hydroxyl groups excluding tert-OH is 1. The number of rotatable bonds is 9. The SMILES string of the molecule is CCCCCOc1ccc(C2/C(=C(\O)c3ccc4c(c3)CC(C)O4)C(=O)C(=O)N2c2nc(C)c(C(=O)OC)s2)cc1. The predicted octanol–water partition coefficient (Wildman–Crippen LogP) is 5.76. The second-order valence-electron chi connectivity index (χ2n) is 10.2. The molecule has 0 radical (unpaired) electrons. The van der Waals surface area contributed by atoms with Crippen molar-refractivity contribution in [3.63, 3.8) is 0 Å². The van der Waals surface area contributed by atoms with Gasteiger partial charge in [0.2, 0.25) is 0 Å². The lowest BCUT2D eigenvalue weighted by molar-refractivity contribution is -0.132. The van der Waals surface area contributed by atoms with Crippen LogP contribution in [0.3, 0.4) is 0 Å². The molecule has 41 heavy (non-hydrogen) atoms. The molecular weight excluding hydrogens is 544 g/mol. The van der Waals surface area contributed by atoms with Crippen molar-refractivity contribution >= 4 is 39.9 Å². The lowest BCUT2D eigenvalue weighted by Gasteiger charge is -2.23. The van der Waals surface area contributed by atoms with Gasteiger partial charge in [0.05, 0.1) is 31.0 Å². The molecule has 1 fully saturated rings. The Bertz CT molecular complexity index is 1530. The van der Waals surface area contributed by atoms with Gasteiger partial charge in [0, 0.05) is 12.0 Å². The summed E-state index contributed by atoms with van der Waals surface area (Å²) in [5.41, 5.74) is 2.21. The van der Waals surface area contributed by atoms with Crippen molar-refractivity contribution in [2.75, 3.05) is 18.6 Å². The number of Topliss-reactive ketones (excluding diaryl/α,β-unsaturated/α-hetero) is 1. The molecular formula is C31H32N2O7S. The average molecular weight is 577 g/mol. The molecule has 9 nitrogen and oxygen atoms in total. The molecule has 10 heteroatoms. The maximum absolute atomic E-state index is 13.6. The molecule has 3 heterocycles. The Balaban J connectivity index is 1.59. The first kappa shape index (κ1) is 28.4. The van der Waals surface area contributed by atoms with Gasteiger partial charge < -0.3 is 19.3 Å². The normalized spacial score (nSPS) is 19.3. The Morgan fingerprint density at radius 1 is 1.17 bits per heavy atom. The van der Waals surface area contributed by atoms with Crippen LogP contribution in [0.2, 0.25) is 0 Å². The number of methoxy groups -OCH3 is 1. The quantitative estimate of drug-likeness (QED) is 0.112. The molecule has 2 aliphatic heterocycles. The van der Waals surface area contributed by atoms with Crippen molar-refractivity contribution in [1.29, 1.82) is 0 Å². The summed E-state index contributed by atoms with van der Waals surface area (Å²) in [5, 5.41) is 11.7. The molecule has 1 amide bonds. The van der Waals surface area contributed by atoms with Crippen LogP contribution in [0.4, 0.5) is 5.13 Å². The first-order valence-corrected chi connectivity index (χ1v) is 14.4. The third-order valence-corrected chi connectivity index (χ3v) is 8.33. The van der Waals surface area contributed by atoms with E-state index in [0.29, 0.717) is 35.6 Å². The van der Waals surface area contributed by atoms with Crippen molar-refractivity contribution in [2.45, 2.75) is 58.6 Å². The van der Waals surface area contributed by atoms with Crippen LogP contribution < -0.4 is 14.4 Å². The van der Waals surface area contributed by atoms with E-state index in [2.05, 4.69) is 11.9 Å². The van der Waals surface area contributed by atoms with E-state index in [4.69, 9.17) is 14.2 Å². The highest BCUT2D eigenvalue weighted by atomic mass is 32.1. The molecule has 1 N–H and O–H groups in total. The molecule has 0 aliphatic carbocycles. The van der Waals surface area contributed by atoms with Gasteiger partial charge in [-0.25, -0.2) is 9.78 Å². The van der Waals surface area contributed by atoms with E-state index in [0.717, 1.165) is 41.9 Å². The van der Waals surface area contributed by atoms with Crippen molar-refractivity contribution in [2.24, 2.45) is 0 Å². The molecule has 2 aliphatic rings. The van der Waals surface area contributed by atoms with Crippen LogP contribution in [0.1, 0.15) is 71.2 Å². The van der Waals surface area contributed by atoms with Gasteiger partial charge in [-0.05, 0) is 61.7 Å². The van der Waals surface area contributed by atoms with Gasteiger partial charge in [-0.1, -0.05) is 43.2 Å². The minimum absolute atomic E-state index is 0.00725. The number of aromatic nitrogens is 1. The highest BCUT2D eigenvalue weighted by Crippen LogP contribution is 2.44. The third kappa shape index (κ3) is 5.44. The number of hydrogen-bond acceptors (Lipinski definition) is 9. The summed E-state index contributed by atoms with van der Waals surface area (Å²) in [4.78, 5) is 45.3. The number of aliphatic hydroxyl groups is 1. The summed E-state index contributed by atoms with van der Waals surface area (Å²) in [6.07, 6.45) is 3.77. The fourth-order valence-corrected chi connectivity index (χ4v) is 6.14. The predicted molar refractivity (Wildman–Crippen MR) is 155 cm³/mol. The topological polar surface area (TPSA) is 115 Å². The second-order valence-corrected chi connectivity index (χ2v) is 11.1. The zero-order chi connectivity index (χ0) is 29.3. The van der Waals surface area contributed by atoms with E-state index in [1.54, 1.807) is 49.4 Å². The summed E-state index contributed by atoms with van der Waals surface area (Å²) in [7, 11) is 1.27. The number of carbonyl (C=O) groups excluding carboxylic acids is 3. The standard InChI is InChI=1S/C31H32N2O7S/c1-5-6-7-14-39-22-11-8-19(9-12-22)25-24(26(34)20-10-13-23-21(16-20)15-17(2)40-23)27(35)29(36)33(25)31-32-18(3)28(41-31)30(37)38-4/h8-13,16-17,25,34H,5-7,14-15H2,1-4H3/b26-24+. The number of unbranched alkanes of at least 4 members (excludes halogenated alkanes) is 2. The van der Waals surface area contributed by atoms with Crippen LogP contribution in [-0.4, -0.2) is 47.6 Å². The summed E-state index contributed by atoms with van der Waals surface area (Å²) in [6.45, 7) is 6.30. The van der Waals surface area contributed by atoms with Gasteiger partial charge >= 0.3 is 11.9 Å². The average Bonchev–Trinajstić information content (AvgIpc) is 3.62. The Morgan fingerprint density at radius 3 is 2.63 bits per heavy atom. The van der Waals surface area contributed by atoms with E-state index < -0.39 is 23.7 Å². The smallest absolute Gasteiger partial charge is 0.350 e. The van der Waals surface area contributed by atoms with E-state index in [1.165, 1.54) is 12.0 Å². The zero-order valence-corrected chi connectivity index (χ0v) is 24.2. The first-order valence-electron chi connectivity index (χ1n) is 13.6. The van der Waals surface area contributed by atoms with E-state index in [1.807, 2.05) is 6.92 Å². The van der Waals surface area contributed by atoms with Gasteiger partial charge in [-0.2, -0.15) is 0 Å². The minimum Gasteiger partial charge on any atom is -0.507 e. The third-order valence-electron chi connectivity index (χ3n) is 7.19. The van der Waals surface area contributed by atoms with E-state index in [9.17, 15) is 19.5 Å². The molecule has 1 aromatic heterocycles. The van der Waals surface area contributed by atoms with Gasteiger partial charge in [0.15, 0.2) is 5.13 Å². The second kappa shape index (κ2) is 11.7. The van der Waals surface area contributed by atoms with Crippen molar-refractivity contribution in [1.82, 2.24) is 4.98 Å². The number of ketones is 1. The minimum atomic E-state index is -0.983. The van der Waals surface area contributed by atoms with Crippen molar-refractivity contribution in [3.05, 3.63) is 75.3 Å². The van der Waals surface area contributed by atoms with E-state index in [-0.39, 0.29) is 27.4 Å².